The van der Waals surface area contributed by atoms with Gasteiger partial charge in [0.05, 0.1) is 23.7 Å². The van der Waals surface area contributed by atoms with Crippen LogP contribution in [0.15, 0.2) is 35.4 Å². The van der Waals surface area contributed by atoms with Gasteiger partial charge < -0.3 is 4.74 Å². The highest BCUT2D eigenvalue weighted by molar-refractivity contribution is 7.89. The molecule has 1 aliphatic heterocycles. The van der Waals surface area contributed by atoms with Crippen LogP contribution in [0.4, 0.5) is 0 Å². The van der Waals surface area contributed by atoms with Crippen molar-refractivity contribution in [2.24, 2.45) is 0 Å². The smallest absolute Gasteiger partial charge is 0.240 e. The molecule has 1 aliphatic rings. The SMILES string of the molecule is O=S(=O)(NCc1ccn[nH]1)c1ccc2c(c1)CCO2. The molecule has 0 fully saturated rings. The van der Waals surface area contributed by atoms with Crippen molar-refractivity contribution in [1.82, 2.24) is 14.9 Å². The number of rotatable bonds is 4. The second-order valence-electron chi connectivity index (χ2n) is 4.27. The monoisotopic (exact) mass is 279 g/mol. The van der Waals surface area contributed by atoms with Crippen molar-refractivity contribution in [3.8, 4) is 5.75 Å². The van der Waals surface area contributed by atoms with Crippen LogP contribution in [0, 0.1) is 0 Å². The molecule has 0 spiro atoms. The van der Waals surface area contributed by atoms with Crippen molar-refractivity contribution in [3.05, 3.63) is 41.7 Å². The van der Waals surface area contributed by atoms with Crippen molar-refractivity contribution < 1.29 is 13.2 Å². The number of aromatic nitrogens is 2. The molecule has 0 aliphatic carbocycles. The van der Waals surface area contributed by atoms with Crippen molar-refractivity contribution >= 4 is 10.0 Å². The van der Waals surface area contributed by atoms with Gasteiger partial charge >= 0.3 is 0 Å². The van der Waals surface area contributed by atoms with Gasteiger partial charge in [-0.05, 0) is 29.8 Å². The fourth-order valence-electron chi connectivity index (χ4n) is 1.97. The molecule has 6 nitrogen and oxygen atoms in total. The summed E-state index contributed by atoms with van der Waals surface area (Å²) < 4.78 is 32.2. The lowest BCUT2D eigenvalue weighted by atomic mass is 10.2. The normalized spacial score (nSPS) is 14.1. The van der Waals surface area contributed by atoms with Crippen molar-refractivity contribution in [2.75, 3.05) is 6.61 Å². The highest BCUT2D eigenvalue weighted by atomic mass is 32.2. The summed E-state index contributed by atoms with van der Waals surface area (Å²) in [6.07, 6.45) is 2.33. The van der Waals surface area contributed by atoms with Gasteiger partial charge in [0.15, 0.2) is 0 Å². The molecule has 0 atom stereocenters. The first-order valence-corrected chi connectivity index (χ1v) is 7.37. The molecule has 0 unspecified atom stereocenters. The summed E-state index contributed by atoms with van der Waals surface area (Å²) in [5.41, 5.74) is 1.65. The largest absolute Gasteiger partial charge is 0.493 e. The van der Waals surface area contributed by atoms with E-state index in [0.29, 0.717) is 12.3 Å². The average molecular weight is 279 g/mol. The van der Waals surface area contributed by atoms with E-state index in [1.807, 2.05) is 0 Å². The van der Waals surface area contributed by atoms with Gasteiger partial charge in [0, 0.05) is 12.6 Å². The first kappa shape index (κ1) is 12.2. The second-order valence-corrected chi connectivity index (χ2v) is 6.04. The predicted molar refractivity (Wildman–Crippen MR) is 68.3 cm³/mol. The molecule has 100 valence electrons. The summed E-state index contributed by atoms with van der Waals surface area (Å²) in [5, 5.41) is 6.47. The number of hydrogen-bond donors (Lipinski definition) is 2. The molecule has 0 saturated heterocycles. The zero-order chi connectivity index (χ0) is 13.3. The number of sulfonamides is 1. The quantitative estimate of drug-likeness (QED) is 0.868. The van der Waals surface area contributed by atoms with E-state index in [9.17, 15) is 8.42 Å². The van der Waals surface area contributed by atoms with Gasteiger partial charge in [-0.2, -0.15) is 5.10 Å². The Labute approximate surface area is 110 Å². The standard InChI is InChI=1S/C12H13N3O3S/c16-19(17,14-8-10-3-5-13-15-10)11-1-2-12-9(7-11)4-6-18-12/h1-3,5,7,14H,4,6,8H2,(H,13,15). The van der Waals surface area contributed by atoms with Gasteiger partial charge in [-0.15, -0.1) is 0 Å². The maximum atomic E-state index is 12.1. The molecule has 0 saturated carbocycles. The summed E-state index contributed by atoms with van der Waals surface area (Å²) in [5.74, 6) is 0.771. The first-order valence-electron chi connectivity index (χ1n) is 5.89. The van der Waals surface area contributed by atoms with E-state index in [1.54, 1.807) is 30.5 Å². The van der Waals surface area contributed by atoms with Gasteiger partial charge in [-0.1, -0.05) is 0 Å². The number of fused-ring (bicyclic) bond motifs is 1. The Hall–Kier alpha value is -1.86. The molecule has 2 aromatic rings. The van der Waals surface area contributed by atoms with E-state index >= 15 is 0 Å². The van der Waals surface area contributed by atoms with Crippen LogP contribution in [0.1, 0.15) is 11.3 Å². The van der Waals surface area contributed by atoms with Gasteiger partial charge in [0.25, 0.3) is 0 Å². The fourth-order valence-corrected chi connectivity index (χ4v) is 3.03. The fraction of sp³-hybridized carbons (Fsp3) is 0.250. The number of hydrogen-bond acceptors (Lipinski definition) is 4. The molecule has 3 rings (SSSR count). The van der Waals surface area contributed by atoms with E-state index in [-0.39, 0.29) is 11.4 Å². The topological polar surface area (TPSA) is 84.1 Å². The van der Waals surface area contributed by atoms with Crippen LogP contribution >= 0.6 is 0 Å². The van der Waals surface area contributed by atoms with Crippen LogP contribution in [-0.4, -0.2) is 25.2 Å². The second kappa shape index (κ2) is 4.67. The minimum absolute atomic E-state index is 0.190. The van der Waals surface area contributed by atoms with Gasteiger partial charge in [-0.3, -0.25) is 5.10 Å². The minimum Gasteiger partial charge on any atom is -0.493 e. The molecule has 19 heavy (non-hydrogen) atoms. The zero-order valence-corrected chi connectivity index (χ0v) is 10.9. The predicted octanol–water partition coefficient (Wildman–Crippen LogP) is 0.823. The Morgan fingerprint density at radius 1 is 1.37 bits per heavy atom. The Balaban J connectivity index is 1.80. The van der Waals surface area contributed by atoms with Gasteiger partial charge in [0.2, 0.25) is 10.0 Å². The summed E-state index contributed by atoms with van der Waals surface area (Å²) in [6.45, 7) is 0.802. The molecular weight excluding hydrogens is 266 g/mol. The number of aromatic amines is 1. The third-order valence-electron chi connectivity index (χ3n) is 2.98. The molecule has 2 N–H and O–H groups in total. The molecule has 2 heterocycles. The van der Waals surface area contributed by atoms with E-state index in [2.05, 4.69) is 14.9 Å². The lowest BCUT2D eigenvalue weighted by Gasteiger charge is -2.07. The third kappa shape index (κ3) is 2.47. The average Bonchev–Trinajstić information content (AvgIpc) is 3.06. The Morgan fingerprint density at radius 2 is 2.26 bits per heavy atom. The first-order chi connectivity index (χ1) is 9.15. The molecule has 1 aromatic carbocycles. The molecule has 1 aromatic heterocycles. The van der Waals surface area contributed by atoms with Crippen molar-refractivity contribution in [1.29, 1.82) is 0 Å². The lowest BCUT2D eigenvalue weighted by molar-refractivity contribution is 0.356. The zero-order valence-electron chi connectivity index (χ0n) is 10.1. The van der Waals surface area contributed by atoms with E-state index in [1.165, 1.54) is 0 Å². The van der Waals surface area contributed by atoms with Crippen LogP contribution in [0.5, 0.6) is 5.75 Å². The number of ether oxygens (including phenoxy) is 1. The number of H-pyrrole nitrogens is 1. The summed E-state index contributed by atoms with van der Waals surface area (Å²) in [4.78, 5) is 0.260. The highest BCUT2D eigenvalue weighted by Crippen LogP contribution is 2.27. The summed E-state index contributed by atoms with van der Waals surface area (Å²) >= 11 is 0. The number of benzene rings is 1. The van der Waals surface area contributed by atoms with Crippen LogP contribution in [0.25, 0.3) is 0 Å². The van der Waals surface area contributed by atoms with E-state index < -0.39 is 10.0 Å². The van der Waals surface area contributed by atoms with Gasteiger partial charge in [0.1, 0.15) is 5.75 Å². The van der Waals surface area contributed by atoms with Crippen LogP contribution in [-0.2, 0) is 23.0 Å². The van der Waals surface area contributed by atoms with E-state index in [0.717, 1.165) is 17.7 Å². The maximum Gasteiger partial charge on any atom is 0.240 e. The number of nitrogens with one attached hydrogen (secondary N) is 2. The highest BCUT2D eigenvalue weighted by Gasteiger charge is 2.19. The van der Waals surface area contributed by atoms with Crippen molar-refractivity contribution in [2.45, 2.75) is 17.9 Å². The van der Waals surface area contributed by atoms with Crippen LogP contribution < -0.4 is 9.46 Å². The van der Waals surface area contributed by atoms with Crippen molar-refractivity contribution in [3.63, 3.8) is 0 Å². The lowest BCUT2D eigenvalue weighted by Crippen LogP contribution is -2.23. The Bertz CT molecular complexity index is 680. The Morgan fingerprint density at radius 3 is 3.05 bits per heavy atom. The molecular formula is C12H13N3O3S. The van der Waals surface area contributed by atoms with Crippen LogP contribution in [0.3, 0.4) is 0 Å². The minimum atomic E-state index is -3.51. The van der Waals surface area contributed by atoms with Gasteiger partial charge in [-0.25, -0.2) is 13.1 Å². The maximum absolute atomic E-state index is 12.1. The third-order valence-corrected chi connectivity index (χ3v) is 4.38. The van der Waals surface area contributed by atoms with Crippen LogP contribution in [0.2, 0.25) is 0 Å². The molecule has 7 heteroatoms. The molecule has 0 radical (unpaired) electrons. The molecule has 0 bridgehead atoms. The van der Waals surface area contributed by atoms with E-state index in [4.69, 9.17) is 4.74 Å². The summed E-state index contributed by atoms with van der Waals surface area (Å²) in [7, 11) is -3.51. The summed E-state index contributed by atoms with van der Waals surface area (Å²) in [6, 6.07) is 6.64. The molecule has 0 amide bonds. The number of nitrogens with zero attached hydrogens (tertiary/aromatic N) is 1. The Kier molecular flexibility index (Phi) is 3.00.